The molecule has 0 saturated heterocycles. The van der Waals surface area contributed by atoms with Gasteiger partial charge in [0.05, 0.1) is 16.7 Å². The molecule has 0 aliphatic heterocycles. The zero-order valence-corrected chi connectivity index (χ0v) is 14.9. The molecule has 7 nitrogen and oxygen atoms in total. The summed E-state index contributed by atoms with van der Waals surface area (Å²) in [4.78, 5) is 29.3. The van der Waals surface area contributed by atoms with Gasteiger partial charge in [0.15, 0.2) is 11.0 Å². The van der Waals surface area contributed by atoms with E-state index >= 15 is 0 Å². The molecule has 2 heterocycles. The number of anilines is 1. The van der Waals surface area contributed by atoms with Crippen LogP contribution in [0.5, 0.6) is 0 Å². The van der Waals surface area contributed by atoms with E-state index in [0.29, 0.717) is 28.4 Å². The molecule has 130 valence electrons. The molecule has 0 atom stereocenters. The van der Waals surface area contributed by atoms with Crippen molar-refractivity contribution in [1.82, 2.24) is 19.7 Å². The first-order valence-corrected chi connectivity index (χ1v) is 9.01. The maximum Gasteiger partial charge on any atom is 0.262 e. The van der Waals surface area contributed by atoms with Crippen LogP contribution < -0.4 is 10.9 Å². The van der Waals surface area contributed by atoms with Crippen molar-refractivity contribution >= 4 is 34.4 Å². The molecule has 2 aromatic heterocycles. The lowest BCUT2D eigenvalue weighted by atomic mass is 10.2. The van der Waals surface area contributed by atoms with Gasteiger partial charge in [-0.1, -0.05) is 30.8 Å². The molecular formula is C17H19N5O2S. The van der Waals surface area contributed by atoms with Crippen LogP contribution in [0, 0.1) is 6.92 Å². The van der Waals surface area contributed by atoms with Gasteiger partial charge in [0.25, 0.3) is 5.56 Å². The predicted molar refractivity (Wildman–Crippen MR) is 99.0 cm³/mol. The van der Waals surface area contributed by atoms with Crippen LogP contribution in [0.15, 0.2) is 40.3 Å². The van der Waals surface area contributed by atoms with E-state index in [1.807, 2.05) is 32.0 Å². The van der Waals surface area contributed by atoms with Crippen molar-refractivity contribution in [2.45, 2.75) is 32.0 Å². The molecule has 3 aromatic rings. The number of H-pyrrole nitrogens is 1. The average molecular weight is 357 g/mol. The summed E-state index contributed by atoms with van der Waals surface area (Å²) in [6, 6.07) is 9.01. The summed E-state index contributed by atoms with van der Waals surface area (Å²) < 4.78 is 1.64. The molecule has 0 bridgehead atoms. The molecule has 0 aliphatic carbocycles. The second-order valence-corrected chi connectivity index (χ2v) is 6.58. The quantitative estimate of drug-likeness (QED) is 0.522. The summed E-state index contributed by atoms with van der Waals surface area (Å²) in [6.45, 7) is 4.43. The highest BCUT2D eigenvalue weighted by Gasteiger charge is 2.13. The summed E-state index contributed by atoms with van der Waals surface area (Å²) in [7, 11) is 0. The predicted octanol–water partition coefficient (Wildman–Crippen LogP) is 2.57. The number of thioether (sulfide) groups is 1. The number of amides is 1. The van der Waals surface area contributed by atoms with Gasteiger partial charge in [0, 0.05) is 18.3 Å². The highest BCUT2D eigenvalue weighted by atomic mass is 32.2. The van der Waals surface area contributed by atoms with Crippen LogP contribution in [-0.4, -0.2) is 31.4 Å². The van der Waals surface area contributed by atoms with Gasteiger partial charge in [-0.3, -0.25) is 19.3 Å². The van der Waals surface area contributed by atoms with Crippen molar-refractivity contribution in [3.05, 3.63) is 46.4 Å². The van der Waals surface area contributed by atoms with E-state index in [0.717, 1.165) is 12.1 Å². The van der Waals surface area contributed by atoms with Crippen molar-refractivity contribution in [3.8, 4) is 0 Å². The summed E-state index contributed by atoms with van der Waals surface area (Å²) in [5.74, 6) is 0.447. The molecule has 0 saturated carbocycles. The molecule has 0 unspecified atom stereocenters. The number of hydrogen-bond acceptors (Lipinski definition) is 5. The number of aryl methyl sites for hydroxylation is 1. The van der Waals surface area contributed by atoms with Gasteiger partial charge in [-0.05, 0) is 25.5 Å². The monoisotopic (exact) mass is 357 g/mol. The molecule has 1 aromatic carbocycles. The number of para-hydroxylation sites is 1. The van der Waals surface area contributed by atoms with Gasteiger partial charge >= 0.3 is 0 Å². The molecule has 2 N–H and O–H groups in total. The first-order valence-electron chi connectivity index (χ1n) is 8.02. The van der Waals surface area contributed by atoms with Gasteiger partial charge in [-0.2, -0.15) is 5.10 Å². The van der Waals surface area contributed by atoms with E-state index in [9.17, 15) is 9.59 Å². The fourth-order valence-electron chi connectivity index (χ4n) is 2.47. The van der Waals surface area contributed by atoms with E-state index in [4.69, 9.17) is 0 Å². The highest BCUT2D eigenvalue weighted by Crippen LogP contribution is 2.18. The van der Waals surface area contributed by atoms with Crippen molar-refractivity contribution in [2.75, 3.05) is 11.1 Å². The molecule has 0 fully saturated rings. The maximum absolute atomic E-state index is 12.7. The number of fused-ring (bicyclic) bond motifs is 1. The second kappa shape index (κ2) is 7.52. The zero-order chi connectivity index (χ0) is 17.8. The van der Waals surface area contributed by atoms with Crippen LogP contribution >= 0.6 is 11.8 Å². The molecule has 3 rings (SSSR count). The topological polar surface area (TPSA) is 92.7 Å². The van der Waals surface area contributed by atoms with E-state index in [1.165, 1.54) is 11.8 Å². The minimum Gasteiger partial charge on any atom is -0.308 e. The van der Waals surface area contributed by atoms with Crippen LogP contribution in [0.4, 0.5) is 5.82 Å². The number of aromatic nitrogens is 4. The van der Waals surface area contributed by atoms with E-state index in [-0.39, 0.29) is 17.2 Å². The Balaban J connectivity index is 1.81. The summed E-state index contributed by atoms with van der Waals surface area (Å²) in [5.41, 5.74) is 1.44. The number of carbonyl (C=O) groups excluding carboxylic acids is 1. The van der Waals surface area contributed by atoms with Gasteiger partial charge in [-0.15, -0.1) is 0 Å². The summed E-state index contributed by atoms with van der Waals surface area (Å²) in [5, 5.41) is 10.6. The first-order chi connectivity index (χ1) is 12.1. The standard InChI is InChI=1S/C17H19N5O2S/c1-3-8-22-16(24)12-6-4-5-7-13(12)18-17(22)25-10-15(23)19-14-9-11(2)20-21-14/h4-7,9H,3,8,10H2,1-2H3,(H2,19,20,21,23). The van der Waals surface area contributed by atoms with E-state index in [1.54, 1.807) is 16.7 Å². The number of aromatic amines is 1. The lowest BCUT2D eigenvalue weighted by molar-refractivity contribution is -0.113. The number of carbonyl (C=O) groups is 1. The Labute approximate surface area is 148 Å². The Morgan fingerprint density at radius 2 is 2.16 bits per heavy atom. The smallest absolute Gasteiger partial charge is 0.262 e. The van der Waals surface area contributed by atoms with Crippen LogP contribution in [0.2, 0.25) is 0 Å². The van der Waals surface area contributed by atoms with Crippen LogP contribution in [-0.2, 0) is 11.3 Å². The van der Waals surface area contributed by atoms with Gasteiger partial charge in [0.1, 0.15) is 0 Å². The number of rotatable bonds is 6. The normalized spacial score (nSPS) is 11.0. The lowest BCUT2D eigenvalue weighted by Gasteiger charge is -2.12. The summed E-state index contributed by atoms with van der Waals surface area (Å²) in [6.07, 6.45) is 0.812. The lowest BCUT2D eigenvalue weighted by Crippen LogP contribution is -2.24. The minimum absolute atomic E-state index is 0.0710. The molecule has 0 aliphatic rings. The summed E-state index contributed by atoms with van der Waals surface area (Å²) >= 11 is 1.25. The SMILES string of the molecule is CCCn1c(SCC(=O)Nc2cc(C)[nH]n2)nc2ccccc2c1=O. The largest absolute Gasteiger partial charge is 0.308 e. The number of nitrogens with zero attached hydrogens (tertiary/aromatic N) is 3. The van der Waals surface area contributed by atoms with Crippen LogP contribution in [0.1, 0.15) is 19.0 Å². The molecular weight excluding hydrogens is 338 g/mol. The van der Waals surface area contributed by atoms with Gasteiger partial charge < -0.3 is 5.32 Å². The van der Waals surface area contributed by atoms with Crippen molar-refractivity contribution in [3.63, 3.8) is 0 Å². The molecule has 0 spiro atoms. The molecule has 8 heteroatoms. The Morgan fingerprint density at radius 3 is 2.88 bits per heavy atom. The van der Waals surface area contributed by atoms with Gasteiger partial charge in [0.2, 0.25) is 5.91 Å². The fourth-order valence-corrected chi connectivity index (χ4v) is 3.30. The molecule has 1 amide bonds. The van der Waals surface area contributed by atoms with Crippen molar-refractivity contribution < 1.29 is 4.79 Å². The van der Waals surface area contributed by atoms with Gasteiger partial charge in [-0.25, -0.2) is 4.98 Å². The van der Waals surface area contributed by atoms with Crippen LogP contribution in [0.25, 0.3) is 10.9 Å². The maximum atomic E-state index is 12.7. The Bertz CT molecular complexity index is 963. The number of hydrogen-bond donors (Lipinski definition) is 2. The molecule has 25 heavy (non-hydrogen) atoms. The van der Waals surface area contributed by atoms with Crippen LogP contribution in [0.3, 0.4) is 0 Å². The van der Waals surface area contributed by atoms with E-state index in [2.05, 4.69) is 20.5 Å². The Morgan fingerprint density at radius 1 is 1.36 bits per heavy atom. The third kappa shape index (κ3) is 3.90. The van der Waals surface area contributed by atoms with Crippen molar-refractivity contribution in [1.29, 1.82) is 0 Å². The fraction of sp³-hybridized carbons (Fsp3) is 0.294. The first kappa shape index (κ1) is 17.2. The minimum atomic E-state index is -0.193. The average Bonchev–Trinajstić information content (AvgIpc) is 3.01. The Kier molecular flexibility index (Phi) is 5.18. The molecule has 0 radical (unpaired) electrons. The van der Waals surface area contributed by atoms with Crippen molar-refractivity contribution in [2.24, 2.45) is 0 Å². The highest BCUT2D eigenvalue weighted by molar-refractivity contribution is 7.99. The third-order valence-electron chi connectivity index (χ3n) is 3.58. The Hall–Kier alpha value is -2.61. The number of nitrogens with one attached hydrogen (secondary N) is 2. The second-order valence-electron chi connectivity index (χ2n) is 5.64. The third-order valence-corrected chi connectivity index (χ3v) is 4.56. The van der Waals surface area contributed by atoms with E-state index < -0.39 is 0 Å². The number of benzene rings is 1. The zero-order valence-electron chi connectivity index (χ0n) is 14.1.